The van der Waals surface area contributed by atoms with Gasteiger partial charge in [0.25, 0.3) is 0 Å². The number of hydrogen-bond donors (Lipinski definition) is 3. The number of aromatic nitrogens is 2. The van der Waals surface area contributed by atoms with Gasteiger partial charge in [0.1, 0.15) is 5.82 Å². The number of nitrogens with one attached hydrogen (secondary N) is 2. The molecule has 3 N–H and O–H groups in total. The minimum Gasteiger partial charge on any atom is -0.396 e. The second kappa shape index (κ2) is 10.6. The number of unbranched alkanes of at least 4 members (excludes halogenated alkanes) is 2. The van der Waals surface area contributed by atoms with Gasteiger partial charge in [-0.1, -0.05) is 0 Å². The molecule has 182 valence electrons. The highest BCUT2D eigenvalue weighted by Gasteiger charge is 2.44. The largest absolute Gasteiger partial charge is 0.396 e. The molecule has 0 radical (unpaired) electrons. The Morgan fingerprint density at radius 3 is 2.74 bits per heavy atom. The molecule has 2 aliphatic rings. The number of benzene rings is 1. The van der Waals surface area contributed by atoms with Crippen molar-refractivity contribution in [3.8, 4) is 0 Å². The number of piperidine rings is 1. The Balaban J connectivity index is 1.32. The van der Waals surface area contributed by atoms with Gasteiger partial charge in [-0.3, -0.25) is 0 Å². The first kappa shape index (κ1) is 24.3. The molecule has 2 fully saturated rings. The molecular weight excluding hydrogens is 431 g/mol. The van der Waals surface area contributed by atoms with Crippen LogP contribution in [-0.4, -0.2) is 60.5 Å². The number of aliphatic hydroxyl groups excluding tert-OH is 1. The molecule has 34 heavy (non-hydrogen) atoms. The van der Waals surface area contributed by atoms with E-state index in [1.54, 1.807) is 17.0 Å². The van der Waals surface area contributed by atoms with Crippen LogP contribution in [0.4, 0.5) is 21.6 Å². The molecule has 3 heterocycles. The third kappa shape index (κ3) is 5.45. The fraction of sp³-hybridized carbons (Fsp3) is 0.500. The lowest BCUT2D eigenvalue weighted by Gasteiger charge is -2.54. The van der Waals surface area contributed by atoms with Crippen molar-refractivity contribution in [3.05, 3.63) is 48.7 Å². The molecule has 0 amide bonds. The molecular formula is C26H36FN6O+. The second-order valence-electron chi connectivity index (χ2n) is 9.69. The maximum absolute atomic E-state index is 15.0. The topological polar surface area (TPSA) is 79.4 Å². The zero-order chi connectivity index (χ0) is 24.1. The maximum Gasteiger partial charge on any atom is 0.221 e. The number of nitrogens with zero attached hydrogens (tertiary/aromatic N) is 4. The monoisotopic (exact) mass is 467 g/mol. The van der Waals surface area contributed by atoms with Gasteiger partial charge in [0.05, 0.1) is 18.1 Å². The fourth-order valence-electron chi connectivity index (χ4n) is 5.14. The zero-order valence-corrected chi connectivity index (χ0v) is 20.1. The third-order valence-electron chi connectivity index (χ3n) is 7.13. The molecule has 4 rings (SSSR count). The van der Waals surface area contributed by atoms with Crippen molar-refractivity contribution in [1.82, 2.24) is 9.88 Å². The summed E-state index contributed by atoms with van der Waals surface area (Å²) in [5.41, 5.74) is 3.08. The van der Waals surface area contributed by atoms with E-state index in [-0.39, 0.29) is 12.4 Å². The highest BCUT2D eigenvalue weighted by molar-refractivity contribution is 5.94. The highest BCUT2D eigenvalue weighted by atomic mass is 19.1. The average Bonchev–Trinajstić information content (AvgIpc) is 2.82. The van der Waals surface area contributed by atoms with Gasteiger partial charge >= 0.3 is 0 Å². The van der Waals surface area contributed by atoms with Crippen molar-refractivity contribution < 1.29 is 14.1 Å². The summed E-state index contributed by atoms with van der Waals surface area (Å²) < 4.78 is 16.8. The van der Waals surface area contributed by atoms with Crippen LogP contribution >= 0.6 is 0 Å². The van der Waals surface area contributed by atoms with Crippen molar-refractivity contribution in [1.29, 1.82) is 5.41 Å². The van der Waals surface area contributed by atoms with Crippen LogP contribution in [0.5, 0.6) is 0 Å². The molecule has 2 aromatic rings. The van der Waals surface area contributed by atoms with E-state index in [0.29, 0.717) is 28.3 Å². The third-order valence-corrected chi connectivity index (χ3v) is 7.13. The van der Waals surface area contributed by atoms with Crippen molar-refractivity contribution in [2.75, 3.05) is 49.5 Å². The lowest BCUT2D eigenvalue weighted by Crippen LogP contribution is -2.60. The van der Waals surface area contributed by atoms with Crippen LogP contribution in [0.25, 0.3) is 5.70 Å². The Kier molecular flexibility index (Phi) is 7.58. The van der Waals surface area contributed by atoms with Crippen molar-refractivity contribution in [2.24, 2.45) is 5.41 Å². The molecule has 0 atom stereocenters. The number of rotatable bonds is 10. The first-order chi connectivity index (χ1) is 16.4. The molecule has 1 aromatic heterocycles. The number of hydrogen-bond acceptors (Lipinski definition) is 6. The predicted molar refractivity (Wildman–Crippen MR) is 134 cm³/mol. The Hall–Kier alpha value is -2.84. The van der Waals surface area contributed by atoms with Crippen molar-refractivity contribution in [3.63, 3.8) is 0 Å². The summed E-state index contributed by atoms with van der Waals surface area (Å²) in [6.07, 6.45) is 9.99. The van der Waals surface area contributed by atoms with E-state index < -0.39 is 0 Å². The van der Waals surface area contributed by atoms with Crippen LogP contribution in [0.1, 0.15) is 37.8 Å². The van der Waals surface area contributed by atoms with Crippen LogP contribution in [0, 0.1) is 23.6 Å². The number of aliphatic hydroxyl groups is 1. The quantitative estimate of drug-likeness (QED) is 0.282. The summed E-state index contributed by atoms with van der Waals surface area (Å²) in [6, 6.07) is 5.26. The van der Waals surface area contributed by atoms with Crippen LogP contribution in [0.3, 0.4) is 0 Å². The fourth-order valence-corrected chi connectivity index (χ4v) is 5.14. The van der Waals surface area contributed by atoms with E-state index in [1.165, 1.54) is 12.3 Å². The second-order valence-corrected chi connectivity index (χ2v) is 9.69. The Bertz CT molecular complexity index is 1030. The molecule has 2 aliphatic heterocycles. The van der Waals surface area contributed by atoms with Gasteiger partial charge in [0.2, 0.25) is 17.6 Å². The molecule has 1 spiro atoms. The lowest BCUT2D eigenvalue weighted by molar-refractivity contribution is -0.582. The Morgan fingerprint density at radius 1 is 1.29 bits per heavy atom. The van der Waals surface area contributed by atoms with Crippen LogP contribution in [-0.2, 0) is 0 Å². The summed E-state index contributed by atoms with van der Waals surface area (Å²) in [6.45, 7) is 11.2. The molecule has 0 unspecified atom stereocenters. The van der Waals surface area contributed by atoms with Crippen LogP contribution in [0.15, 0.2) is 37.2 Å². The molecule has 7 nitrogen and oxygen atoms in total. The minimum atomic E-state index is -0.232. The predicted octanol–water partition coefficient (Wildman–Crippen LogP) is 3.75. The summed E-state index contributed by atoms with van der Waals surface area (Å²) >= 11 is 0. The van der Waals surface area contributed by atoms with E-state index >= 15 is 4.39 Å². The Morgan fingerprint density at radius 2 is 2.06 bits per heavy atom. The van der Waals surface area contributed by atoms with Crippen molar-refractivity contribution >= 4 is 29.1 Å². The van der Waals surface area contributed by atoms with E-state index in [1.807, 2.05) is 19.1 Å². The van der Waals surface area contributed by atoms with Gasteiger partial charge in [-0.05, 0) is 68.8 Å². The van der Waals surface area contributed by atoms with Gasteiger partial charge in [-0.2, -0.15) is 4.57 Å². The minimum absolute atomic E-state index is 0.232. The van der Waals surface area contributed by atoms with Crippen LogP contribution in [0.2, 0.25) is 0 Å². The first-order valence-corrected chi connectivity index (χ1v) is 12.2. The maximum atomic E-state index is 15.0. The lowest BCUT2D eigenvalue weighted by atomic mass is 9.72. The summed E-state index contributed by atoms with van der Waals surface area (Å²) in [4.78, 5) is 9.05. The number of allylic oxidation sites excluding steroid dienone is 1. The van der Waals surface area contributed by atoms with Gasteiger partial charge in [0, 0.05) is 45.4 Å². The number of aryl methyl sites for hydroxylation is 1. The molecule has 2 saturated heterocycles. The average molecular weight is 468 g/mol. The molecule has 1 aromatic carbocycles. The zero-order valence-electron chi connectivity index (χ0n) is 20.1. The molecule has 0 aliphatic carbocycles. The number of halogens is 1. The SMILES string of the molecule is C=C(C=N)[n+]1cc(Nc2ccc(N3CCC4(CC3)CN(CCCCCO)C4)c(F)c2)ncc1C. The summed E-state index contributed by atoms with van der Waals surface area (Å²) in [5.74, 6) is 0.329. The normalized spacial score (nSPS) is 17.4. The van der Waals surface area contributed by atoms with E-state index in [9.17, 15) is 0 Å². The molecule has 8 heteroatoms. The standard InChI is InChI=1S/C26H36FN6O/c1-20(15-28)33-17-25(29-16-21(33)2)30-22-6-7-24(23(27)14-22)32-11-8-26(9-12-32)18-31(19-26)10-4-3-5-13-34/h6-7,14-17,28,34H,1,3-5,8-13,18-19H2,2H3,(H,29,30)/q+1. The van der Waals surface area contributed by atoms with Gasteiger partial charge in [-0.25, -0.2) is 9.37 Å². The Labute approximate surface area is 201 Å². The molecule has 0 bridgehead atoms. The highest BCUT2D eigenvalue weighted by Crippen LogP contribution is 2.42. The van der Waals surface area contributed by atoms with Crippen molar-refractivity contribution in [2.45, 2.75) is 39.0 Å². The van der Waals surface area contributed by atoms with Gasteiger partial charge < -0.3 is 25.6 Å². The number of likely N-dealkylation sites (tertiary alicyclic amines) is 1. The summed E-state index contributed by atoms with van der Waals surface area (Å²) in [5, 5.41) is 19.5. The van der Waals surface area contributed by atoms with Gasteiger partial charge in [-0.15, -0.1) is 0 Å². The number of anilines is 3. The first-order valence-electron chi connectivity index (χ1n) is 12.2. The summed E-state index contributed by atoms with van der Waals surface area (Å²) in [7, 11) is 0. The molecule has 0 saturated carbocycles. The van der Waals surface area contributed by atoms with E-state index in [4.69, 9.17) is 10.5 Å². The van der Waals surface area contributed by atoms with Crippen LogP contribution < -0.4 is 14.8 Å². The smallest absolute Gasteiger partial charge is 0.221 e. The van der Waals surface area contributed by atoms with E-state index in [0.717, 1.165) is 70.5 Å². The van der Waals surface area contributed by atoms with E-state index in [2.05, 4.69) is 26.7 Å². The van der Waals surface area contributed by atoms with Gasteiger partial charge in [0.15, 0.2) is 5.82 Å².